The quantitative estimate of drug-likeness (QED) is 0.631. The summed E-state index contributed by atoms with van der Waals surface area (Å²) in [6.07, 6.45) is 1.40. The molecule has 0 atom stereocenters. The van der Waals surface area contributed by atoms with Gasteiger partial charge in [0.1, 0.15) is 28.1 Å². The molecular formula is C22H28N6O5S. The van der Waals surface area contributed by atoms with E-state index in [-0.39, 0.29) is 23.2 Å². The van der Waals surface area contributed by atoms with Crippen LogP contribution in [0.15, 0.2) is 27.6 Å². The van der Waals surface area contributed by atoms with Crippen molar-refractivity contribution < 1.29 is 22.4 Å². The van der Waals surface area contributed by atoms with Gasteiger partial charge in [-0.05, 0) is 26.0 Å². The van der Waals surface area contributed by atoms with Crippen LogP contribution in [0.25, 0.3) is 0 Å². The molecule has 4 heterocycles. The van der Waals surface area contributed by atoms with E-state index in [1.807, 2.05) is 4.90 Å². The Morgan fingerprint density at radius 1 is 1.15 bits per heavy atom. The molecule has 0 spiro atoms. The number of aromatic nitrogens is 1. The second kappa shape index (κ2) is 10.1. The minimum atomic E-state index is -3.57. The minimum absolute atomic E-state index is 0.175. The van der Waals surface area contributed by atoms with Crippen LogP contribution in [0.3, 0.4) is 0 Å². The van der Waals surface area contributed by atoms with Crippen molar-refractivity contribution in [3.63, 3.8) is 0 Å². The lowest BCUT2D eigenvalue weighted by Crippen LogP contribution is -2.49. The number of piperazine rings is 1. The highest BCUT2D eigenvalue weighted by molar-refractivity contribution is 7.89. The number of nitriles is 1. The third-order valence-electron chi connectivity index (χ3n) is 6.14. The monoisotopic (exact) mass is 488 g/mol. The Morgan fingerprint density at radius 2 is 1.85 bits per heavy atom. The van der Waals surface area contributed by atoms with Crippen LogP contribution in [-0.2, 0) is 19.6 Å². The van der Waals surface area contributed by atoms with Crippen LogP contribution in [0.4, 0.5) is 11.7 Å². The van der Waals surface area contributed by atoms with Crippen molar-refractivity contribution in [1.29, 1.82) is 5.26 Å². The Bertz CT molecular complexity index is 1170. The van der Waals surface area contributed by atoms with Crippen molar-refractivity contribution in [2.45, 2.75) is 18.7 Å². The largest absolute Gasteiger partial charge is 0.444 e. The molecule has 4 rings (SSSR count). The molecule has 0 bridgehead atoms. The van der Waals surface area contributed by atoms with Gasteiger partial charge in [0.05, 0.1) is 19.8 Å². The van der Waals surface area contributed by atoms with E-state index in [0.29, 0.717) is 69.6 Å². The Hall–Kier alpha value is -2.98. The number of aryl methyl sites for hydroxylation is 1. The fourth-order valence-electron chi connectivity index (χ4n) is 4.00. The number of morpholine rings is 1. The molecule has 2 aliphatic rings. The number of hydrogen-bond donors (Lipinski definition) is 1. The first-order valence-corrected chi connectivity index (χ1v) is 12.5. The van der Waals surface area contributed by atoms with E-state index in [2.05, 4.69) is 21.3 Å². The van der Waals surface area contributed by atoms with Gasteiger partial charge >= 0.3 is 0 Å². The van der Waals surface area contributed by atoms with Gasteiger partial charge in [-0.1, -0.05) is 0 Å². The van der Waals surface area contributed by atoms with Gasteiger partial charge in [0.15, 0.2) is 0 Å². The molecular weight excluding hydrogens is 460 g/mol. The number of carbonyl (C=O) groups is 1. The number of sulfonamides is 1. The number of anilines is 2. The first-order valence-electron chi connectivity index (χ1n) is 11.1. The standard InChI is InChI=1S/C22H28N6O5S/c1-16-17(2)33-22(19(16)13-23)25-21(29)15-26-5-7-27(8-6-26)20-4-3-18(14-24-20)34(30,31)28-9-11-32-12-10-28/h3-4,14H,5-12,15H2,1-2H3,(H,25,29). The van der Waals surface area contributed by atoms with Crippen LogP contribution in [-0.4, -0.2) is 87.5 Å². The average Bonchev–Trinajstić information content (AvgIpc) is 3.12. The number of nitrogens with one attached hydrogen (secondary N) is 1. The predicted octanol–water partition coefficient (Wildman–Crippen LogP) is 0.945. The number of rotatable bonds is 6. The number of hydrogen-bond acceptors (Lipinski definition) is 9. The van der Waals surface area contributed by atoms with Gasteiger partial charge < -0.3 is 14.1 Å². The molecule has 0 unspecified atom stereocenters. The number of ether oxygens (including phenoxy) is 1. The molecule has 1 N–H and O–H groups in total. The molecule has 11 nitrogen and oxygen atoms in total. The highest BCUT2D eigenvalue weighted by Gasteiger charge is 2.27. The number of pyridine rings is 1. The number of carbonyl (C=O) groups excluding carboxylic acids is 1. The van der Waals surface area contributed by atoms with E-state index in [9.17, 15) is 18.5 Å². The highest BCUT2D eigenvalue weighted by Crippen LogP contribution is 2.25. The fraction of sp³-hybridized carbons (Fsp3) is 0.500. The first kappa shape index (κ1) is 24.2. The molecule has 0 radical (unpaired) electrons. The van der Waals surface area contributed by atoms with Crippen LogP contribution in [0, 0.1) is 25.2 Å². The van der Waals surface area contributed by atoms with Crippen LogP contribution in [0.1, 0.15) is 16.9 Å². The van der Waals surface area contributed by atoms with Gasteiger partial charge in [-0.3, -0.25) is 15.0 Å². The second-order valence-corrected chi connectivity index (χ2v) is 10.2. The number of furan rings is 1. The molecule has 2 aliphatic heterocycles. The second-order valence-electron chi connectivity index (χ2n) is 8.28. The maximum absolute atomic E-state index is 12.8. The lowest BCUT2D eigenvalue weighted by molar-refractivity contribution is -0.117. The third kappa shape index (κ3) is 5.07. The molecule has 0 aliphatic carbocycles. The van der Waals surface area contributed by atoms with Crippen molar-refractivity contribution in [3.05, 3.63) is 35.2 Å². The summed E-state index contributed by atoms with van der Waals surface area (Å²) in [7, 11) is -3.57. The van der Waals surface area contributed by atoms with Crippen LogP contribution in [0.2, 0.25) is 0 Å². The van der Waals surface area contributed by atoms with Crippen molar-refractivity contribution in [1.82, 2.24) is 14.2 Å². The average molecular weight is 489 g/mol. The van der Waals surface area contributed by atoms with E-state index in [0.717, 1.165) is 5.56 Å². The normalized spacial score (nSPS) is 18.0. The topological polar surface area (TPSA) is 132 Å². The van der Waals surface area contributed by atoms with Crippen molar-refractivity contribution in [2.75, 3.05) is 69.2 Å². The smallest absolute Gasteiger partial charge is 0.244 e. The molecule has 2 saturated heterocycles. The maximum Gasteiger partial charge on any atom is 0.244 e. The summed E-state index contributed by atoms with van der Waals surface area (Å²) in [4.78, 5) is 21.1. The Labute approximate surface area is 198 Å². The summed E-state index contributed by atoms with van der Waals surface area (Å²) in [5.41, 5.74) is 1.07. The van der Waals surface area contributed by atoms with E-state index >= 15 is 0 Å². The summed E-state index contributed by atoms with van der Waals surface area (Å²) in [6.45, 7) is 7.79. The summed E-state index contributed by atoms with van der Waals surface area (Å²) in [5, 5.41) is 12.0. The minimum Gasteiger partial charge on any atom is -0.444 e. The Kier molecular flexibility index (Phi) is 7.18. The lowest BCUT2D eigenvalue weighted by Gasteiger charge is -2.35. The molecule has 34 heavy (non-hydrogen) atoms. The van der Waals surface area contributed by atoms with E-state index in [1.54, 1.807) is 26.0 Å². The predicted molar refractivity (Wildman–Crippen MR) is 124 cm³/mol. The number of nitrogens with zero attached hydrogens (tertiary/aromatic N) is 5. The summed E-state index contributed by atoms with van der Waals surface area (Å²) in [6, 6.07) is 5.38. The van der Waals surface area contributed by atoms with E-state index < -0.39 is 10.0 Å². The maximum atomic E-state index is 12.8. The SMILES string of the molecule is Cc1oc(NC(=O)CN2CCN(c3ccc(S(=O)(=O)N4CCOCC4)cn3)CC2)c(C#N)c1C. The van der Waals surface area contributed by atoms with E-state index in [4.69, 9.17) is 9.15 Å². The number of amides is 1. The van der Waals surface area contributed by atoms with Gasteiger partial charge in [0.2, 0.25) is 21.8 Å². The summed E-state index contributed by atoms with van der Waals surface area (Å²) < 4.78 is 37.7. The van der Waals surface area contributed by atoms with Crippen LogP contribution >= 0.6 is 0 Å². The third-order valence-corrected chi connectivity index (χ3v) is 8.02. The molecule has 1 amide bonds. The van der Waals surface area contributed by atoms with Gasteiger partial charge in [-0.15, -0.1) is 0 Å². The molecule has 0 saturated carbocycles. The summed E-state index contributed by atoms with van der Waals surface area (Å²) in [5.74, 6) is 1.26. The van der Waals surface area contributed by atoms with Crippen molar-refractivity contribution in [2.24, 2.45) is 0 Å². The molecule has 2 aromatic heterocycles. The highest BCUT2D eigenvalue weighted by atomic mass is 32.2. The Morgan fingerprint density at radius 3 is 2.47 bits per heavy atom. The van der Waals surface area contributed by atoms with Crippen molar-refractivity contribution >= 4 is 27.6 Å². The van der Waals surface area contributed by atoms with E-state index in [1.165, 1.54) is 10.5 Å². The molecule has 2 aromatic rings. The van der Waals surface area contributed by atoms with Gasteiger partial charge in [0.25, 0.3) is 0 Å². The zero-order valence-corrected chi connectivity index (χ0v) is 20.1. The van der Waals surface area contributed by atoms with Crippen LogP contribution in [0.5, 0.6) is 0 Å². The van der Waals surface area contributed by atoms with Gasteiger partial charge in [-0.25, -0.2) is 13.4 Å². The molecule has 0 aromatic carbocycles. The summed E-state index contributed by atoms with van der Waals surface area (Å²) >= 11 is 0. The van der Waals surface area contributed by atoms with Gasteiger partial charge in [-0.2, -0.15) is 9.57 Å². The fourth-order valence-corrected chi connectivity index (χ4v) is 5.36. The zero-order chi connectivity index (χ0) is 24.3. The lowest BCUT2D eigenvalue weighted by atomic mass is 10.2. The van der Waals surface area contributed by atoms with Gasteiger partial charge in [0, 0.05) is 51.0 Å². The van der Waals surface area contributed by atoms with Crippen LogP contribution < -0.4 is 10.2 Å². The van der Waals surface area contributed by atoms with Crippen molar-refractivity contribution in [3.8, 4) is 6.07 Å². The first-order chi connectivity index (χ1) is 16.3. The molecule has 2 fully saturated rings. The zero-order valence-electron chi connectivity index (χ0n) is 19.3. The molecule has 12 heteroatoms. The molecule has 182 valence electrons. The Balaban J connectivity index is 1.30.